The Labute approximate surface area is 145 Å². The van der Waals surface area contributed by atoms with Gasteiger partial charge >= 0.3 is 0 Å². The van der Waals surface area contributed by atoms with Crippen molar-refractivity contribution in [3.63, 3.8) is 0 Å². The number of carbonyl (C=O) groups is 1. The molecule has 3 atom stereocenters. The van der Waals surface area contributed by atoms with Crippen LogP contribution >= 0.6 is 12.4 Å². The van der Waals surface area contributed by atoms with E-state index in [1.807, 2.05) is 39.0 Å². The van der Waals surface area contributed by atoms with Gasteiger partial charge in [-0.2, -0.15) is 0 Å². The minimum absolute atomic E-state index is 0. The van der Waals surface area contributed by atoms with Crippen molar-refractivity contribution in [1.82, 2.24) is 5.32 Å². The molecule has 2 rings (SSSR count). The minimum Gasteiger partial charge on any atom is -0.491 e. The molecule has 0 radical (unpaired) electrons. The van der Waals surface area contributed by atoms with E-state index in [9.17, 15) is 4.79 Å². The third kappa shape index (κ3) is 5.70. The topological polar surface area (TPSA) is 64.3 Å². The molecule has 0 aromatic heterocycles. The van der Waals surface area contributed by atoms with Crippen LogP contribution in [0, 0.1) is 19.8 Å². The second-order valence-corrected chi connectivity index (χ2v) is 6.56. The first-order chi connectivity index (χ1) is 10.5. The molecule has 3 N–H and O–H groups in total. The average molecular weight is 341 g/mol. The van der Waals surface area contributed by atoms with Crippen molar-refractivity contribution >= 4 is 18.3 Å². The molecule has 1 saturated carbocycles. The highest BCUT2D eigenvalue weighted by atomic mass is 35.5. The zero-order valence-corrected chi connectivity index (χ0v) is 15.1. The molecule has 0 bridgehead atoms. The number of rotatable bonds is 6. The molecule has 1 aliphatic rings. The molecule has 1 aromatic rings. The predicted molar refractivity (Wildman–Crippen MR) is 96.2 cm³/mol. The van der Waals surface area contributed by atoms with Gasteiger partial charge in [0.2, 0.25) is 5.91 Å². The first-order valence-corrected chi connectivity index (χ1v) is 8.21. The molecule has 130 valence electrons. The van der Waals surface area contributed by atoms with Crippen LogP contribution in [0.25, 0.3) is 0 Å². The lowest BCUT2D eigenvalue weighted by atomic mass is 10.00. The van der Waals surface area contributed by atoms with Gasteiger partial charge in [0.05, 0.1) is 6.04 Å². The summed E-state index contributed by atoms with van der Waals surface area (Å²) in [4.78, 5) is 12.1. The van der Waals surface area contributed by atoms with Gasteiger partial charge in [0, 0.05) is 12.5 Å². The van der Waals surface area contributed by atoms with Crippen LogP contribution in [0.2, 0.25) is 0 Å². The number of ether oxygens (including phenoxy) is 1. The van der Waals surface area contributed by atoms with Crippen LogP contribution in [0.4, 0.5) is 0 Å². The van der Waals surface area contributed by atoms with Gasteiger partial charge < -0.3 is 15.8 Å². The van der Waals surface area contributed by atoms with E-state index in [1.165, 1.54) is 0 Å². The first kappa shape index (κ1) is 19.8. The molecule has 4 nitrogen and oxygen atoms in total. The molecule has 1 aromatic carbocycles. The summed E-state index contributed by atoms with van der Waals surface area (Å²) in [6.07, 6.45) is 3.80. The van der Waals surface area contributed by atoms with Crippen molar-refractivity contribution in [2.45, 2.75) is 58.5 Å². The van der Waals surface area contributed by atoms with Gasteiger partial charge in [0.25, 0.3) is 0 Å². The van der Waals surface area contributed by atoms with Crippen molar-refractivity contribution in [2.24, 2.45) is 11.7 Å². The highest BCUT2D eigenvalue weighted by molar-refractivity contribution is 5.85. The summed E-state index contributed by atoms with van der Waals surface area (Å²) in [6, 6.07) is 6.27. The second kappa shape index (κ2) is 9.14. The monoisotopic (exact) mass is 340 g/mol. The Hall–Kier alpha value is -1.26. The summed E-state index contributed by atoms with van der Waals surface area (Å²) in [7, 11) is 0. The summed E-state index contributed by atoms with van der Waals surface area (Å²) in [6.45, 7) is 6.52. The summed E-state index contributed by atoms with van der Waals surface area (Å²) in [5, 5.41) is 3.02. The van der Waals surface area contributed by atoms with Crippen molar-refractivity contribution in [1.29, 1.82) is 0 Å². The maximum absolute atomic E-state index is 12.1. The SMILES string of the molecule is Cc1cccc(C)c1OCC(C)NC(=O)C[C@@H]1CCC[C@H]1N.Cl. The third-order valence-corrected chi connectivity index (χ3v) is 4.46. The van der Waals surface area contributed by atoms with E-state index in [4.69, 9.17) is 10.5 Å². The van der Waals surface area contributed by atoms with E-state index in [0.717, 1.165) is 36.1 Å². The van der Waals surface area contributed by atoms with Crippen molar-refractivity contribution in [3.05, 3.63) is 29.3 Å². The van der Waals surface area contributed by atoms with Crippen LogP contribution in [0.5, 0.6) is 5.75 Å². The van der Waals surface area contributed by atoms with E-state index in [1.54, 1.807) is 0 Å². The van der Waals surface area contributed by atoms with Crippen molar-refractivity contribution in [2.75, 3.05) is 6.61 Å². The number of carbonyl (C=O) groups excluding carboxylic acids is 1. The lowest BCUT2D eigenvalue weighted by Gasteiger charge is -2.19. The van der Waals surface area contributed by atoms with Gasteiger partial charge in [0.1, 0.15) is 12.4 Å². The van der Waals surface area contributed by atoms with Gasteiger partial charge in [0.15, 0.2) is 0 Å². The summed E-state index contributed by atoms with van der Waals surface area (Å²) in [5.41, 5.74) is 8.26. The Balaban J connectivity index is 0.00000264. The van der Waals surface area contributed by atoms with Crippen LogP contribution in [0.3, 0.4) is 0 Å². The largest absolute Gasteiger partial charge is 0.491 e. The summed E-state index contributed by atoms with van der Waals surface area (Å²) in [5.74, 6) is 1.34. The Morgan fingerprint density at radius 3 is 2.57 bits per heavy atom. The molecule has 1 unspecified atom stereocenters. The predicted octanol–water partition coefficient (Wildman–Crippen LogP) is 3.13. The van der Waals surface area contributed by atoms with E-state index < -0.39 is 0 Å². The first-order valence-electron chi connectivity index (χ1n) is 8.21. The van der Waals surface area contributed by atoms with Gasteiger partial charge in [-0.15, -0.1) is 12.4 Å². The molecule has 1 fully saturated rings. The Morgan fingerprint density at radius 2 is 2.00 bits per heavy atom. The van der Waals surface area contributed by atoms with Gasteiger partial charge in [-0.1, -0.05) is 24.6 Å². The number of hydrogen-bond donors (Lipinski definition) is 2. The molecule has 1 amide bonds. The molecular weight excluding hydrogens is 312 g/mol. The van der Waals surface area contributed by atoms with Crippen LogP contribution in [-0.2, 0) is 4.79 Å². The van der Waals surface area contributed by atoms with Gasteiger partial charge in [-0.05, 0) is 50.7 Å². The molecule has 5 heteroatoms. The molecule has 1 aliphatic carbocycles. The third-order valence-electron chi connectivity index (χ3n) is 4.46. The van der Waals surface area contributed by atoms with Gasteiger partial charge in [-0.3, -0.25) is 4.79 Å². The zero-order chi connectivity index (χ0) is 16.1. The Morgan fingerprint density at radius 1 is 1.35 bits per heavy atom. The lowest BCUT2D eigenvalue weighted by Crippen LogP contribution is -2.39. The minimum atomic E-state index is -0.0101. The zero-order valence-electron chi connectivity index (χ0n) is 14.3. The van der Waals surface area contributed by atoms with Crippen molar-refractivity contribution in [3.8, 4) is 5.75 Å². The summed E-state index contributed by atoms with van der Waals surface area (Å²) < 4.78 is 5.88. The fourth-order valence-corrected chi connectivity index (χ4v) is 3.17. The average Bonchev–Trinajstić information content (AvgIpc) is 2.83. The van der Waals surface area contributed by atoms with E-state index in [0.29, 0.717) is 18.9 Å². The molecule has 0 aliphatic heterocycles. The number of benzene rings is 1. The number of hydrogen-bond acceptors (Lipinski definition) is 3. The maximum Gasteiger partial charge on any atom is 0.220 e. The van der Waals surface area contributed by atoms with E-state index in [2.05, 4.69) is 5.32 Å². The number of nitrogens with one attached hydrogen (secondary N) is 1. The number of para-hydroxylation sites is 1. The van der Waals surface area contributed by atoms with Crippen molar-refractivity contribution < 1.29 is 9.53 Å². The Kier molecular flexibility index (Phi) is 7.86. The normalized spacial score (nSPS) is 21.4. The number of halogens is 1. The quantitative estimate of drug-likeness (QED) is 0.836. The smallest absolute Gasteiger partial charge is 0.220 e. The number of aryl methyl sites for hydroxylation is 2. The van der Waals surface area contributed by atoms with Crippen LogP contribution < -0.4 is 15.8 Å². The van der Waals surface area contributed by atoms with E-state index >= 15 is 0 Å². The molecule has 0 saturated heterocycles. The number of amides is 1. The summed E-state index contributed by atoms with van der Waals surface area (Å²) >= 11 is 0. The molecule has 0 heterocycles. The molecular formula is C18H29ClN2O2. The van der Waals surface area contributed by atoms with Crippen LogP contribution in [0.15, 0.2) is 18.2 Å². The fraction of sp³-hybridized carbons (Fsp3) is 0.611. The van der Waals surface area contributed by atoms with Crippen LogP contribution in [-0.4, -0.2) is 24.6 Å². The lowest BCUT2D eigenvalue weighted by molar-refractivity contribution is -0.122. The van der Waals surface area contributed by atoms with E-state index in [-0.39, 0.29) is 30.4 Å². The van der Waals surface area contributed by atoms with Gasteiger partial charge in [-0.25, -0.2) is 0 Å². The highest BCUT2D eigenvalue weighted by Gasteiger charge is 2.26. The Bertz CT molecular complexity index is 501. The maximum atomic E-state index is 12.1. The molecule has 0 spiro atoms. The highest BCUT2D eigenvalue weighted by Crippen LogP contribution is 2.26. The second-order valence-electron chi connectivity index (χ2n) is 6.56. The fourth-order valence-electron chi connectivity index (χ4n) is 3.17. The molecule has 23 heavy (non-hydrogen) atoms. The van der Waals surface area contributed by atoms with Crippen LogP contribution in [0.1, 0.15) is 43.7 Å². The number of nitrogens with two attached hydrogens (primary N) is 1. The standard InChI is InChI=1S/C18H28N2O2.ClH/c1-12-6-4-7-13(2)18(12)22-11-14(3)20-17(21)10-15-8-5-9-16(15)19;/h4,6-7,14-16H,5,8-11,19H2,1-3H3,(H,20,21);1H/t14?,15-,16+;/m0./s1.